The molecule has 0 saturated heterocycles. The summed E-state index contributed by atoms with van der Waals surface area (Å²) in [7, 11) is 1.37. The van der Waals surface area contributed by atoms with Gasteiger partial charge in [-0.3, -0.25) is 10.1 Å². The Labute approximate surface area is 128 Å². The lowest BCUT2D eigenvalue weighted by Gasteiger charge is -2.03. The Balaban J connectivity index is 2.40. The van der Waals surface area contributed by atoms with Crippen molar-refractivity contribution in [2.24, 2.45) is 0 Å². The maximum atomic E-state index is 11.4. The van der Waals surface area contributed by atoms with Crippen LogP contribution >= 0.6 is 0 Å². The van der Waals surface area contributed by atoms with Crippen molar-refractivity contribution in [1.82, 2.24) is 10.6 Å². The Kier molecular flexibility index (Phi) is 7.18. The van der Waals surface area contributed by atoms with Gasteiger partial charge in [-0.05, 0) is 30.7 Å². The first-order valence-electron chi connectivity index (χ1n) is 6.64. The van der Waals surface area contributed by atoms with Crippen LogP contribution in [-0.4, -0.2) is 38.2 Å². The van der Waals surface area contributed by atoms with Crippen LogP contribution in [0.3, 0.4) is 0 Å². The largest absolute Gasteiger partial charge is 0.494 e. The Morgan fingerprint density at radius 1 is 1.18 bits per heavy atom. The summed E-state index contributed by atoms with van der Waals surface area (Å²) in [6, 6.07) is 6.47. The highest BCUT2D eigenvalue weighted by molar-refractivity contribution is 5.96. The molecular weight excluding hydrogens is 288 g/mol. The van der Waals surface area contributed by atoms with E-state index in [1.54, 1.807) is 30.3 Å². The molecule has 1 aromatic carbocycles. The number of benzene rings is 1. The molecule has 0 fully saturated rings. The maximum absolute atomic E-state index is 11.4. The quantitative estimate of drug-likeness (QED) is 0.606. The number of imide groups is 1. The van der Waals surface area contributed by atoms with E-state index < -0.39 is 24.5 Å². The number of urea groups is 1. The minimum absolute atomic E-state index is 0.528. The van der Waals surface area contributed by atoms with Gasteiger partial charge in [0.2, 0.25) is 0 Å². The summed E-state index contributed by atoms with van der Waals surface area (Å²) in [4.78, 5) is 33.5. The molecule has 3 amide bonds. The van der Waals surface area contributed by atoms with E-state index >= 15 is 0 Å². The molecule has 0 heterocycles. The molecule has 0 bridgehead atoms. The molecule has 7 heteroatoms. The lowest BCUT2D eigenvalue weighted by Crippen LogP contribution is -2.39. The lowest BCUT2D eigenvalue weighted by molar-refractivity contribution is -0.143. The van der Waals surface area contributed by atoms with Gasteiger partial charge in [0.05, 0.1) is 6.61 Å². The number of esters is 1. The van der Waals surface area contributed by atoms with Crippen LogP contribution in [0.2, 0.25) is 0 Å². The first-order valence-corrected chi connectivity index (χ1v) is 6.64. The fourth-order valence-corrected chi connectivity index (χ4v) is 1.42. The zero-order valence-corrected chi connectivity index (χ0v) is 12.4. The molecule has 0 aromatic heterocycles. The molecule has 2 N–H and O–H groups in total. The van der Waals surface area contributed by atoms with Gasteiger partial charge in [-0.1, -0.05) is 12.1 Å². The van der Waals surface area contributed by atoms with Gasteiger partial charge in [-0.15, -0.1) is 0 Å². The highest BCUT2D eigenvalue weighted by Gasteiger charge is 2.07. The molecule has 0 aliphatic heterocycles. The molecule has 22 heavy (non-hydrogen) atoms. The second-order valence-corrected chi connectivity index (χ2v) is 4.07. The van der Waals surface area contributed by atoms with Crippen molar-refractivity contribution in [3.8, 4) is 5.75 Å². The molecule has 0 aliphatic carbocycles. The third-order valence-electron chi connectivity index (χ3n) is 2.43. The zero-order chi connectivity index (χ0) is 16.4. The molecular formula is C15H18N2O5. The molecule has 0 radical (unpaired) electrons. The third-order valence-corrected chi connectivity index (χ3v) is 2.43. The highest BCUT2D eigenvalue weighted by Crippen LogP contribution is 2.12. The summed E-state index contributed by atoms with van der Waals surface area (Å²) in [6.45, 7) is 1.95. The molecule has 0 unspecified atom stereocenters. The van der Waals surface area contributed by atoms with Crippen LogP contribution in [-0.2, 0) is 14.3 Å². The fourth-order valence-electron chi connectivity index (χ4n) is 1.42. The van der Waals surface area contributed by atoms with Crippen molar-refractivity contribution in [1.29, 1.82) is 0 Å². The predicted octanol–water partition coefficient (Wildman–Crippen LogP) is 1.10. The van der Waals surface area contributed by atoms with E-state index in [2.05, 4.69) is 5.32 Å². The third kappa shape index (κ3) is 6.56. The summed E-state index contributed by atoms with van der Waals surface area (Å²) in [5.41, 5.74) is 0.787. The second-order valence-electron chi connectivity index (χ2n) is 4.07. The number of amides is 3. The molecule has 0 saturated carbocycles. The average molecular weight is 306 g/mol. The minimum Gasteiger partial charge on any atom is -0.494 e. The van der Waals surface area contributed by atoms with Crippen molar-refractivity contribution in [3.63, 3.8) is 0 Å². The fraction of sp³-hybridized carbons (Fsp3) is 0.267. The van der Waals surface area contributed by atoms with Crippen molar-refractivity contribution in [2.75, 3.05) is 20.3 Å². The number of nitrogens with one attached hydrogen (secondary N) is 2. The van der Waals surface area contributed by atoms with Gasteiger partial charge < -0.3 is 14.8 Å². The van der Waals surface area contributed by atoms with E-state index in [1.165, 1.54) is 13.1 Å². The molecule has 0 spiro atoms. The van der Waals surface area contributed by atoms with Crippen LogP contribution in [0.25, 0.3) is 6.08 Å². The van der Waals surface area contributed by atoms with Gasteiger partial charge in [0.25, 0.3) is 5.91 Å². The summed E-state index contributed by atoms with van der Waals surface area (Å²) in [5, 5.41) is 4.18. The Bertz CT molecular complexity index is 552. The van der Waals surface area contributed by atoms with E-state index in [0.29, 0.717) is 6.61 Å². The normalized spacial score (nSPS) is 10.1. The van der Waals surface area contributed by atoms with Crippen molar-refractivity contribution in [3.05, 3.63) is 35.9 Å². The van der Waals surface area contributed by atoms with Gasteiger partial charge >= 0.3 is 12.0 Å². The topological polar surface area (TPSA) is 93.7 Å². The van der Waals surface area contributed by atoms with Crippen LogP contribution in [0.15, 0.2) is 30.3 Å². The number of carbonyl (C=O) groups is 3. The summed E-state index contributed by atoms with van der Waals surface area (Å²) in [6.07, 6.45) is 2.75. The standard InChI is InChI=1S/C15H18N2O5/c1-3-21-12-7-4-11(5-8-12)6-9-14(19)22-10-13(18)17-15(20)16-2/h4-9H,3,10H2,1-2H3,(H2,16,17,18,20)/b9-6+. The molecule has 0 aliphatic rings. The van der Waals surface area contributed by atoms with E-state index in [1.807, 2.05) is 12.2 Å². The number of rotatable bonds is 6. The second kappa shape index (κ2) is 9.17. The summed E-state index contributed by atoms with van der Waals surface area (Å²) in [5.74, 6) is -0.642. The van der Waals surface area contributed by atoms with E-state index in [0.717, 1.165) is 11.3 Å². The monoisotopic (exact) mass is 306 g/mol. The minimum atomic E-state index is -0.706. The highest BCUT2D eigenvalue weighted by atomic mass is 16.5. The average Bonchev–Trinajstić information content (AvgIpc) is 2.52. The van der Waals surface area contributed by atoms with Gasteiger partial charge in [-0.25, -0.2) is 9.59 Å². The van der Waals surface area contributed by atoms with Crippen LogP contribution < -0.4 is 15.4 Å². The summed E-state index contributed by atoms with van der Waals surface area (Å²) >= 11 is 0. The number of hydrogen-bond acceptors (Lipinski definition) is 5. The van der Waals surface area contributed by atoms with E-state index in [-0.39, 0.29) is 0 Å². The van der Waals surface area contributed by atoms with E-state index in [9.17, 15) is 14.4 Å². The molecule has 7 nitrogen and oxygen atoms in total. The SMILES string of the molecule is CCOc1ccc(/C=C/C(=O)OCC(=O)NC(=O)NC)cc1. The molecule has 1 aromatic rings. The van der Waals surface area contributed by atoms with Crippen LogP contribution in [0, 0.1) is 0 Å². The van der Waals surface area contributed by atoms with Gasteiger partial charge in [0.1, 0.15) is 5.75 Å². The van der Waals surface area contributed by atoms with Crippen molar-refractivity contribution in [2.45, 2.75) is 6.92 Å². The van der Waals surface area contributed by atoms with Gasteiger partial charge in [0, 0.05) is 13.1 Å². The smallest absolute Gasteiger partial charge is 0.331 e. The van der Waals surface area contributed by atoms with Crippen LogP contribution in [0.1, 0.15) is 12.5 Å². The molecule has 118 valence electrons. The van der Waals surface area contributed by atoms with Gasteiger partial charge in [-0.2, -0.15) is 0 Å². The molecule has 0 atom stereocenters. The molecule has 1 rings (SSSR count). The predicted molar refractivity (Wildman–Crippen MR) is 80.2 cm³/mol. The first kappa shape index (κ1) is 17.2. The van der Waals surface area contributed by atoms with Gasteiger partial charge in [0.15, 0.2) is 6.61 Å². The Morgan fingerprint density at radius 3 is 2.45 bits per heavy atom. The number of ether oxygens (including phenoxy) is 2. The Hall–Kier alpha value is -2.83. The van der Waals surface area contributed by atoms with Crippen LogP contribution in [0.4, 0.5) is 4.79 Å². The van der Waals surface area contributed by atoms with Crippen molar-refractivity contribution < 1.29 is 23.9 Å². The lowest BCUT2D eigenvalue weighted by atomic mass is 10.2. The zero-order valence-electron chi connectivity index (χ0n) is 12.4. The first-order chi connectivity index (χ1) is 10.5. The Morgan fingerprint density at radius 2 is 1.86 bits per heavy atom. The maximum Gasteiger partial charge on any atom is 0.331 e. The number of carbonyl (C=O) groups excluding carboxylic acids is 3. The summed E-state index contributed by atoms with van der Waals surface area (Å²) < 4.78 is 9.99. The van der Waals surface area contributed by atoms with E-state index in [4.69, 9.17) is 9.47 Å². The van der Waals surface area contributed by atoms with Crippen molar-refractivity contribution >= 4 is 24.0 Å². The van der Waals surface area contributed by atoms with Crippen LogP contribution in [0.5, 0.6) is 5.75 Å². The number of hydrogen-bond donors (Lipinski definition) is 2.